The van der Waals surface area contributed by atoms with Crippen molar-refractivity contribution in [2.24, 2.45) is 0 Å². The molecule has 22 heavy (non-hydrogen) atoms. The Labute approximate surface area is 135 Å². The summed E-state index contributed by atoms with van der Waals surface area (Å²) >= 11 is 3.49. The molecule has 4 nitrogen and oxygen atoms in total. The number of rotatable bonds is 4. The Morgan fingerprint density at radius 2 is 1.82 bits per heavy atom. The van der Waals surface area contributed by atoms with Crippen LogP contribution in [0.15, 0.2) is 62.2 Å². The normalized spacial score (nSPS) is 10.6. The van der Waals surface area contributed by atoms with Crippen molar-refractivity contribution in [3.8, 4) is 11.5 Å². The highest BCUT2D eigenvalue weighted by atomic mass is 79.9. The van der Waals surface area contributed by atoms with Crippen molar-refractivity contribution in [2.75, 3.05) is 7.11 Å². The molecule has 0 amide bonds. The average Bonchev–Trinajstić information content (AvgIpc) is 2.53. The van der Waals surface area contributed by atoms with Crippen molar-refractivity contribution in [3.63, 3.8) is 0 Å². The minimum Gasteiger partial charge on any atom is -0.497 e. The molecule has 5 heteroatoms. The molecule has 0 radical (unpaired) electrons. The summed E-state index contributed by atoms with van der Waals surface area (Å²) < 4.78 is 17.1. The molecule has 1 heterocycles. The third-order valence-electron chi connectivity index (χ3n) is 3.24. The third-order valence-corrected chi connectivity index (χ3v) is 4.02. The van der Waals surface area contributed by atoms with E-state index in [4.69, 9.17) is 13.9 Å². The molecule has 0 aliphatic heterocycles. The zero-order valence-corrected chi connectivity index (χ0v) is 13.4. The molecule has 0 spiro atoms. The Kier molecular flexibility index (Phi) is 4.15. The topological polar surface area (TPSA) is 48.7 Å². The molecule has 0 unspecified atom stereocenters. The van der Waals surface area contributed by atoms with Gasteiger partial charge in [-0.1, -0.05) is 15.9 Å². The van der Waals surface area contributed by atoms with E-state index in [9.17, 15) is 4.79 Å². The fraction of sp³-hybridized carbons (Fsp3) is 0.118. The van der Waals surface area contributed by atoms with Crippen LogP contribution >= 0.6 is 15.9 Å². The Morgan fingerprint density at radius 1 is 1.05 bits per heavy atom. The van der Waals surface area contributed by atoms with E-state index in [1.807, 2.05) is 30.3 Å². The Morgan fingerprint density at radius 3 is 2.64 bits per heavy atom. The van der Waals surface area contributed by atoms with E-state index in [0.29, 0.717) is 17.9 Å². The lowest BCUT2D eigenvalue weighted by atomic mass is 10.2. The fourth-order valence-corrected chi connectivity index (χ4v) is 2.44. The van der Waals surface area contributed by atoms with Crippen molar-refractivity contribution in [3.05, 3.63) is 69.0 Å². The highest BCUT2D eigenvalue weighted by Crippen LogP contribution is 2.25. The second kappa shape index (κ2) is 6.23. The summed E-state index contributed by atoms with van der Waals surface area (Å²) in [6, 6.07) is 14.2. The van der Waals surface area contributed by atoms with Gasteiger partial charge in [0.2, 0.25) is 0 Å². The van der Waals surface area contributed by atoms with Crippen LogP contribution in [0.5, 0.6) is 11.5 Å². The number of fused-ring (bicyclic) bond motifs is 1. The second-order valence-corrected chi connectivity index (χ2v) is 5.55. The van der Waals surface area contributed by atoms with E-state index in [1.165, 1.54) is 6.07 Å². The molecule has 0 saturated carbocycles. The standard InChI is InChI=1S/C17H13BrO4/c1-20-13-5-6-15(18)12(8-13)10-21-14-4-2-11-3-7-17(19)22-16(11)9-14/h2-9H,10H2,1H3. The largest absolute Gasteiger partial charge is 0.497 e. The SMILES string of the molecule is COc1ccc(Br)c(COc2ccc3ccc(=O)oc3c2)c1. The van der Waals surface area contributed by atoms with Crippen LogP contribution in [0.4, 0.5) is 0 Å². The second-order valence-electron chi connectivity index (χ2n) is 4.70. The Balaban J connectivity index is 1.83. The molecular weight excluding hydrogens is 348 g/mol. The van der Waals surface area contributed by atoms with E-state index in [0.717, 1.165) is 21.2 Å². The molecule has 0 atom stereocenters. The molecule has 3 aromatic rings. The van der Waals surface area contributed by atoms with Crippen LogP contribution in [0.2, 0.25) is 0 Å². The summed E-state index contributed by atoms with van der Waals surface area (Å²) in [5.74, 6) is 1.41. The van der Waals surface area contributed by atoms with Gasteiger partial charge in [-0.2, -0.15) is 0 Å². The Bertz CT molecular complexity index is 870. The van der Waals surface area contributed by atoms with Gasteiger partial charge in [0.1, 0.15) is 23.7 Å². The Hall–Kier alpha value is -2.27. The van der Waals surface area contributed by atoms with E-state index in [2.05, 4.69) is 15.9 Å². The number of benzene rings is 2. The van der Waals surface area contributed by atoms with Gasteiger partial charge < -0.3 is 13.9 Å². The van der Waals surface area contributed by atoms with Gasteiger partial charge in [-0.3, -0.25) is 0 Å². The third kappa shape index (κ3) is 3.14. The van der Waals surface area contributed by atoms with E-state index >= 15 is 0 Å². The summed E-state index contributed by atoms with van der Waals surface area (Å²) in [5.41, 5.74) is 1.10. The molecular formula is C17H13BrO4. The molecule has 2 aromatic carbocycles. The van der Waals surface area contributed by atoms with Crippen molar-refractivity contribution in [1.82, 2.24) is 0 Å². The lowest BCUT2D eigenvalue weighted by molar-refractivity contribution is 0.304. The maximum absolute atomic E-state index is 11.3. The lowest BCUT2D eigenvalue weighted by Crippen LogP contribution is -1.98. The summed E-state index contributed by atoms with van der Waals surface area (Å²) in [7, 11) is 1.62. The molecule has 3 rings (SSSR count). The molecule has 0 N–H and O–H groups in total. The molecule has 0 aliphatic carbocycles. The predicted octanol–water partition coefficient (Wildman–Crippen LogP) is 4.14. The first kappa shape index (κ1) is 14.7. The average molecular weight is 361 g/mol. The number of hydrogen-bond donors (Lipinski definition) is 0. The first-order valence-corrected chi connectivity index (χ1v) is 7.44. The molecule has 0 saturated heterocycles. The summed E-state index contributed by atoms with van der Waals surface area (Å²) in [6.07, 6.45) is 0. The van der Waals surface area contributed by atoms with Crippen molar-refractivity contribution >= 4 is 26.9 Å². The van der Waals surface area contributed by atoms with Gasteiger partial charge in [-0.05, 0) is 36.4 Å². The highest BCUT2D eigenvalue weighted by molar-refractivity contribution is 9.10. The highest BCUT2D eigenvalue weighted by Gasteiger charge is 2.05. The summed E-state index contributed by atoms with van der Waals surface area (Å²) in [6.45, 7) is 0.375. The lowest BCUT2D eigenvalue weighted by Gasteiger charge is -2.10. The van der Waals surface area contributed by atoms with Crippen LogP contribution in [0, 0.1) is 0 Å². The summed E-state index contributed by atoms with van der Waals surface area (Å²) in [5, 5.41) is 0.856. The molecule has 0 bridgehead atoms. The summed E-state index contributed by atoms with van der Waals surface area (Å²) in [4.78, 5) is 11.3. The van der Waals surface area contributed by atoms with Crippen molar-refractivity contribution < 1.29 is 13.9 Å². The van der Waals surface area contributed by atoms with Gasteiger partial charge in [-0.25, -0.2) is 4.79 Å². The fourth-order valence-electron chi connectivity index (χ4n) is 2.08. The van der Waals surface area contributed by atoms with E-state index in [1.54, 1.807) is 19.2 Å². The number of halogens is 1. The van der Waals surface area contributed by atoms with Gasteiger partial charge in [0, 0.05) is 27.6 Å². The van der Waals surface area contributed by atoms with Crippen LogP contribution in [-0.4, -0.2) is 7.11 Å². The monoisotopic (exact) mass is 360 g/mol. The molecule has 112 valence electrons. The number of ether oxygens (including phenoxy) is 2. The van der Waals surface area contributed by atoms with Crippen LogP contribution in [0.1, 0.15) is 5.56 Å². The first-order valence-electron chi connectivity index (χ1n) is 6.65. The zero-order chi connectivity index (χ0) is 15.5. The van der Waals surface area contributed by atoms with E-state index in [-0.39, 0.29) is 5.63 Å². The van der Waals surface area contributed by atoms with Crippen LogP contribution < -0.4 is 15.1 Å². The van der Waals surface area contributed by atoms with E-state index < -0.39 is 0 Å². The predicted molar refractivity (Wildman–Crippen MR) is 87.5 cm³/mol. The van der Waals surface area contributed by atoms with Gasteiger partial charge in [0.25, 0.3) is 0 Å². The molecule has 0 aliphatic rings. The van der Waals surface area contributed by atoms with Crippen molar-refractivity contribution in [2.45, 2.75) is 6.61 Å². The van der Waals surface area contributed by atoms with Crippen molar-refractivity contribution in [1.29, 1.82) is 0 Å². The molecule has 0 fully saturated rings. The smallest absolute Gasteiger partial charge is 0.336 e. The maximum atomic E-state index is 11.3. The van der Waals surface area contributed by atoms with Gasteiger partial charge in [0.15, 0.2) is 0 Å². The minimum absolute atomic E-state index is 0.375. The number of methoxy groups -OCH3 is 1. The van der Waals surface area contributed by atoms with Crippen LogP contribution in [0.3, 0.4) is 0 Å². The van der Waals surface area contributed by atoms with Gasteiger partial charge in [-0.15, -0.1) is 0 Å². The van der Waals surface area contributed by atoms with Gasteiger partial charge in [0.05, 0.1) is 7.11 Å². The quantitative estimate of drug-likeness (QED) is 0.656. The van der Waals surface area contributed by atoms with Gasteiger partial charge >= 0.3 is 5.63 Å². The number of hydrogen-bond acceptors (Lipinski definition) is 4. The van der Waals surface area contributed by atoms with Crippen LogP contribution in [-0.2, 0) is 6.61 Å². The minimum atomic E-state index is -0.375. The maximum Gasteiger partial charge on any atom is 0.336 e. The van der Waals surface area contributed by atoms with Crippen LogP contribution in [0.25, 0.3) is 11.0 Å². The first-order chi connectivity index (χ1) is 10.7. The zero-order valence-electron chi connectivity index (χ0n) is 11.8. The molecule has 1 aromatic heterocycles.